The first-order valence-electron chi connectivity index (χ1n) is 14.4. The van der Waals surface area contributed by atoms with E-state index in [1.54, 1.807) is 14.0 Å². The number of hydrogen-bond donors (Lipinski definition) is 1. The second-order valence-corrected chi connectivity index (χ2v) is 13.0. The molecule has 1 N–H and O–H groups in total. The minimum Gasteiger partial charge on any atom is -0.496 e. The number of alkyl halides is 1. The van der Waals surface area contributed by atoms with E-state index in [0.717, 1.165) is 17.4 Å². The number of benzene rings is 1. The average Bonchev–Trinajstić information content (AvgIpc) is 3.74. The highest BCUT2D eigenvalue weighted by Gasteiger charge is 2.43. The third kappa shape index (κ3) is 5.00. The quantitative estimate of drug-likeness (QED) is 0.270. The maximum atomic E-state index is 14.2. The lowest BCUT2D eigenvalue weighted by molar-refractivity contribution is -0.146. The summed E-state index contributed by atoms with van der Waals surface area (Å²) in [6.07, 6.45) is 3.82. The summed E-state index contributed by atoms with van der Waals surface area (Å²) in [5.74, 6) is 0.0615. The van der Waals surface area contributed by atoms with Crippen LogP contribution in [0.3, 0.4) is 0 Å². The molecule has 1 aromatic carbocycles. The normalized spacial score (nSPS) is 22.6. The maximum Gasteiger partial charge on any atom is 0.333 e. The zero-order chi connectivity index (χ0) is 30.6. The number of oxazole rings is 1. The van der Waals surface area contributed by atoms with Crippen molar-refractivity contribution in [3.8, 4) is 16.5 Å². The van der Waals surface area contributed by atoms with Crippen LogP contribution in [0.25, 0.3) is 21.0 Å². The van der Waals surface area contributed by atoms with E-state index in [0.29, 0.717) is 45.3 Å². The Labute approximate surface area is 250 Å². The minimum absolute atomic E-state index is 0.0196. The van der Waals surface area contributed by atoms with Crippen LogP contribution in [0.4, 0.5) is 4.39 Å². The van der Waals surface area contributed by atoms with Crippen LogP contribution in [-0.2, 0) is 21.6 Å². The number of halogens is 1. The second-order valence-electron chi connectivity index (χ2n) is 12.0. The molecule has 228 valence electrons. The average molecular weight is 612 g/mol. The molecular formula is C31H34FN3O7S. The molecule has 2 aliphatic rings. The van der Waals surface area contributed by atoms with Crippen molar-refractivity contribution in [2.75, 3.05) is 7.11 Å². The molecule has 0 aliphatic heterocycles. The van der Waals surface area contributed by atoms with Gasteiger partial charge in [-0.15, -0.1) is 11.3 Å². The van der Waals surface area contributed by atoms with Crippen molar-refractivity contribution < 1.29 is 28.2 Å². The number of thiophene rings is 1. The third-order valence-corrected chi connectivity index (χ3v) is 10.3. The monoisotopic (exact) mass is 611 g/mol. The fourth-order valence-corrected chi connectivity index (χ4v) is 8.02. The zero-order valence-corrected chi connectivity index (χ0v) is 25.2. The van der Waals surface area contributed by atoms with Crippen molar-refractivity contribution >= 4 is 27.5 Å². The number of nitrogens with zero attached hydrogens (tertiary/aromatic N) is 3. The van der Waals surface area contributed by atoms with Crippen LogP contribution in [0.2, 0.25) is 0 Å². The number of fused-ring (bicyclic) bond motifs is 2. The van der Waals surface area contributed by atoms with E-state index in [4.69, 9.17) is 13.9 Å². The molecule has 0 amide bonds. The Morgan fingerprint density at radius 1 is 1.21 bits per heavy atom. The van der Waals surface area contributed by atoms with E-state index in [1.165, 1.54) is 42.2 Å². The molecule has 0 radical (unpaired) electrons. The lowest BCUT2D eigenvalue weighted by Gasteiger charge is -2.27. The Morgan fingerprint density at radius 2 is 1.91 bits per heavy atom. The van der Waals surface area contributed by atoms with E-state index < -0.39 is 35.0 Å². The Balaban J connectivity index is 1.52. The maximum absolute atomic E-state index is 14.2. The van der Waals surface area contributed by atoms with Crippen molar-refractivity contribution in [2.24, 2.45) is 11.8 Å². The van der Waals surface area contributed by atoms with Crippen molar-refractivity contribution in [2.45, 2.75) is 76.9 Å². The standard InChI is InChI=1S/C31H34FN3O7S/c1-16-24-27(36)35(31(2,3)29(37)38)30(39)34(28(24)43-25(16)26-33-9-10-41-26)15-23(21-7-5-6-8-22(21)40-4)42-20-13-17-11-19(32)12-18(17)14-20/h5-10,17-20,23H,11-15H2,1-4H3,(H,37,38)/t17-,18+,19+,20+,23?. The summed E-state index contributed by atoms with van der Waals surface area (Å²) in [4.78, 5) is 45.6. The summed E-state index contributed by atoms with van der Waals surface area (Å²) < 4.78 is 34.2. The highest BCUT2D eigenvalue weighted by atomic mass is 32.1. The Hall–Kier alpha value is -3.77. The first kappa shape index (κ1) is 29.3. The molecule has 12 heteroatoms. The molecule has 0 bridgehead atoms. The molecule has 6 rings (SSSR count). The van der Waals surface area contributed by atoms with E-state index in [9.17, 15) is 23.9 Å². The fourth-order valence-electron chi connectivity index (χ4n) is 6.78. The first-order valence-corrected chi connectivity index (χ1v) is 15.2. The Morgan fingerprint density at radius 3 is 2.53 bits per heavy atom. The lowest BCUT2D eigenvalue weighted by Crippen LogP contribution is -2.52. The van der Waals surface area contributed by atoms with Crippen LogP contribution in [-0.4, -0.2) is 44.6 Å². The summed E-state index contributed by atoms with van der Waals surface area (Å²) in [5, 5.41) is 10.3. The van der Waals surface area contributed by atoms with Crippen LogP contribution in [0, 0.1) is 18.8 Å². The Bertz CT molecular complexity index is 1780. The van der Waals surface area contributed by atoms with Crippen LogP contribution in [0.15, 0.2) is 50.7 Å². The predicted molar refractivity (Wildman–Crippen MR) is 158 cm³/mol. The van der Waals surface area contributed by atoms with E-state index >= 15 is 0 Å². The zero-order valence-electron chi connectivity index (χ0n) is 24.4. The fraction of sp³-hybridized carbons (Fsp3) is 0.484. The summed E-state index contributed by atoms with van der Waals surface area (Å²) in [7, 11) is 1.56. The number of rotatable bonds is 9. The molecule has 10 nitrogen and oxygen atoms in total. The van der Waals surface area contributed by atoms with Crippen LogP contribution in [0.1, 0.15) is 56.8 Å². The summed E-state index contributed by atoms with van der Waals surface area (Å²) >= 11 is 1.19. The van der Waals surface area contributed by atoms with Crippen LogP contribution < -0.4 is 16.0 Å². The smallest absolute Gasteiger partial charge is 0.333 e. The van der Waals surface area contributed by atoms with Crippen molar-refractivity contribution in [1.82, 2.24) is 14.1 Å². The van der Waals surface area contributed by atoms with Crippen molar-refractivity contribution in [3.63, 3.8) is 0 Å². The topological polar surface area (TPSA) is 126 Å². The lowest BCUT2D eigenvalue weighted by atomic mass is 10.0. The molecule has 2 saturated carbocycles. The number of carboxylic acids is 1. The predicted octanol–water partition coefficient (Wildman–Crippen LogP) is 5.30. The van der Waals surface area contributed by atoms with Crippen molar-refractivity contribution in [1.29, 1.82) is 0 Å². The number of carboxylic acid groups (broad SMARTS) is 1. The van der Waals surface area contributed by atoms with Gasteiger partial charge in [-0.1, -0.05) is 18.2 Å². The van der Waals surface area contributed by atoms with E-state index in [-0.39, 0.29) is 29.9 Å². The number of ether oxygens (including phenoxy) is 2. The number of aryl methyl sites for hydroxylation is 1. The number of hydrogen-bond acceptors (Lipinski definition) is 8. The molecule has 0 spiro atoms. The van der Waals surface area contributed by atoms with Crippen LogP contribution >= 0.6 is 11.3 Å². The minimum atomic E-state index is -1.84. The molecule has 2 fully saturated rings. The van der Waals surface area contributed by atoms with Gasteiger partial charge in [0.25, 0.3) is 5.56 Å². The number of carbonyl (C=O) groups is 1. The largest absolute Gasteiger partial charge is 0.496 e. The van der Waals surface area contributed by atoms with Gasteiger partial charge in [-0.25, -0.2) is 23.5 Å². The molecule has 2 aliphatic carbocycles. The molecule has 1 unspecified atom stereocenters. The summed E-state index contributed by atoms with van der Waals surface area (Å²) in [6.45, 7) is 4.37. The van der Waals surface area contributed by atoms with Gasteiger partial charge in [-0.3, -0.25) is 9.36 Å². The number of aliphatic carboxylic acids is 1. The summed E-state index contributed by atoms with van der Waals surface area (Å²) in [5.41, 5.74) is -2.06. The molecule has 43 heavy (non-hydrogen) atoms. The van der Waals surface area contributed by atoms with Gasteiger partial charge in [0.2, 0.25) is 5.89 Å². The third-order valence-electron chi connectivity index (χ3n) is 9.03. The number of aromatic nitrogens is 3. The van der Waals surface area contributed by atoms with Crippen molar-refractivity contribution in [3.05, 3.63) is 68.7 Å². The highest BCUT2D eigenvalue weighted by molar-refractivity contribution is 7.22. The number of methoxy groups -OCH3 is 1. The van der Waals surface area contributed by atoms with Gasteiger partial charge in [0, 0.05) is 5.56 Å². The van der Waals surface area contributed by atoms with E-state index in [2.05, 4.69) is 4.98 Å². The van der Waals surface area contributed by atoms with Gasteiger partial charge < -0.3 is 19.0 Å². The SMILES string of the molecule is COc1ccccc1C(Cn1c(=O)n(C(C)(C)C(=O)O)c(=O)c2c(C)c(-c3ncco3)sc21)O[C@H]1C[C@H]2C[C@H](F)C[C@H]2C1. The molecule has 0 saturated heterocycles. The Kier molecular flexibility index (Phi) is 7.54. The van der Waals surface area contributed by atoms with Gasteiger partial charge in [0.05, 0.1) is 36.2 Å². The van der Waals surface area contributed by atoms with Gasteiger partial charge >= 0.3 is 11.7 Å². The molecule has 3 heterocycles. The first-order chi connectivity index (χ1) is 20.5. The number of para-hydroxylation sites is 1. The molecule has 3 aromatic heterocycles. The van der Waals surface area contributed by atoms with Gasteiger partial charge in [-0.2, -0.15) is 0 Å². The van der Waals surface area contributed by atoms with Gasteiger partial charge in [-0.05, 0) is 69.9 Å². The van der Waals surface area contributed by atoms with Crippen LogP contribution in [0.5, 0.6) is 5.75 Å². The second kappa shape index (κ2) is 11.1. The summed E-state index contributed by atoms with van der Waals surface area (Å²) in [6, 6.07) is 7.37. The molecule has 4 aromatic rings. The van der Waals surface area contributed by atoms with Gasteiger partial charge in [0.1, 0.15) is 34.7 Å². The molecular weight excluding hydrogens is 577 g/mol. The molecule has 5 atom stereocenters. The highest BCUT2D eigenvalue weighted by Crippen LogP contribution is 2.47. The van der Waals surface area contributed by atoms with E-state index in [1.807, 2.05) is 24.3 Å². The van der Waals surface area contributed by atoms with Gasteiger partial charge in [0.15, 0.2) is 0 Å².